The average molecular weight is 377 g/mol. The Hall–Kier alpha value is -2.21. The number of amides is 2. The van der Waals surface area contributed by atoms with Crippen LogP contribution in [0.2, 0.25) is 0 Å². The molecule has 0 radical (unpaired) electrons. The van der Waals surface area contributed by atoms with Crippen LogP contribution in [0.15, 0.2) is 46.9 Å². The Labute approximate surface area is 141 Å². The van der Waals surface area contributed by atoms with Crippen LogP contribution >= 0.6 is 15.9 Å². The lowest BCUT2D eigenvalue weighted by molar-refractivity contribution is -0.117. The van der Waals surface area contributed by atoms with Crippen molar-refractivity contribution in [1.29, 1.82) is 0 Å². The predicted octanol–water partition coefficient (Wildman–Crippen LogP) is 3.97. The highest BCUT2D eigenvalue weighted by Crippen LogP contribution is 2.23. The van der Waals surface area contributed by atoms with Gasteiger partial charge in [-0.2, -0.15) is 0 Å². The third-order valence-electron chi connectivity index (χ3n) is 3.68. The van der Waals surface area contributed by atoms with Crippen LogP contribution in [0.4, 0.5) is 15.8 Å². The molecule has 3 rings (SSSR count). The second-order valence-electron chi connectivity index (χ2n) is 5.27. The second-order valence-corrected chi connectivity index (χ2v) is 6.19. The quantitative estimate of drug-likeness (QED) is 0.880. The van der Waals surface area contributed by atoms with Crippen LogP contribution in [-0.4, -0.2) is 18.4 Å². The number of halogens is 2. The molecule has 1 saturated heterocycles. The summed E-state index contributed by atoms with van der Waals surface area (Å²) in [7, 11) is 0. The largest absolute Gasteiger partial charge is 0.322 e. The van der Waals surface area contributed by atoms with Crippen LogP contribution in [-0.2, 0) is 4.79 Å². The first-order valence-electron chi connectivity index (χ1n) is 7.21. The minimum atomic E-state index is -0.579. The molecule has 0 aliphatic carbocycles. The first-order valence-corrected chi connectivity index (χ1v) is 8.01. The van der Waals surface area contributed by atoms with Gasteiger partial charge in [-0.1, -0.05) is 15.9 Å². The lowest BCUT2D eigenvalue weighted by Gasteiger charge is -2.16. The summed E-state index contributed by atoms with van der Waals surface area (Å²) >= 11 is 3.22. The monoisotopic (exact) mass is 376 g/mol. The molecule has 0 aromatic heterocycles. The molecule has 1 N–H and O–H groups in total. The van der Waals surface area contributed by atoms with E-state index >= 15 is 0 Å². The van der Waals surface area contributed by atoms with Gasteiger partial charge in [0.05, 0.1) is 5.56 Å². The van der Waals surface area contributed by atoms with E-state index in [1.807, 2.05) is 0 Å². The molecule has 1 aliphatic heterocycles. The maximum atomic E-state index is 13.7. The number of hydrogen-bond acceptors (Lipinski definition) is 2. The topological polar surface area (TPSA) is 49.4 Å². The fraction of sp³-hybridized carbons (Fsp3) is 0.176. The lowest BCUT2D eigenvalue weighted by Crippen LogP contribution is -2.23. The van der Waals surface area contributed by atoms with E-state index in [0.717, 1.165) is 12.1 Å². The van der Waals surface area contributed by atoms with Gasteiger partial charge < -0.3 is 10.2 Å². The number of hydrogen-bond donors (Lipinski definition) is 1. The number of nitrogens with one attached hydrogen (secondary N) is 1. The number of benzene rings is 2. The first-order chi connectivity index (χ1) is 11.0. The van der Waals surface area contributed by atoms with E-state index in [2.05, 4.69) is 21.2 Å². The summed E-state index contributed by atoms with van der Waals surface area (Å²) in [4.78, 5) is 25.6. The third kappa shape index (κ3) is 3.42. The van der Waals surface area contributed by atoms with Crippen LogP contribution < -0.4 is 10.2 Å². The fourth-order valence-corrected chi connectivity index (χ4v) is 2.88. The van der Waals surface area contributed by atoms with E-state index in [-0.39, 0.29) is 11.5 Å². The molecular weight excluding hydrogens is 363 g/mol. The lowest BCUT2D eigenvalue weighted by atomic mass is 10.2. The van der Waals surface area contributed by atoms with Gasteiger partial charge in [-0.3, -0.25) is 9.59 Å². The van der Waals surface area contributed by atoms with Crippen molar-refractivity contribution in [2.24, 2.45) is 0 Å². The number of nitrogens with zero attached hydrogens (tertiary/aromatic N) is 1. The number of anilines is 2. The van der Waals surface area contributed by atoms with Gasteiger partial charge in [-0.25, -0.2) is 4.39 Å². The Morgan fingerprint density at radius 1 is 1.17 bits per heavy atom. The molecule has 6 heteroatoms. The number of carbonyl (C=O) groups excluding carboxylic acids is 2. The molecule has 2 aromatic carbocycles. The van der Waals surface area contributed by atoms with Crippen molar-refractivity contribution in [2.75, 3.05) is 16.8 Å². The summed E-state index contributed by atoms with van der Waals surface area (Å²) in [5, 5.41) is 2.65. The van der Waals surface area contributed by atoms with Gasteiger partial charge >= 0.3 is 0 Å². The van der Waals surface area contributed by atoms with Crippen LogP contribution in [0.25, 0.3) is 0 Å². The zero-order chi connectivity index (χ0) is 16.4. The molecule has 1 heterocycles. The minimum absolute atomic E-state index is 0.0295. The molecule has 0 saturated carbocycles. The maximum absolute atomic E-state index is 13.7. The summed E-state index contributed by atoms with van der Waals surface area (Å²) in [6, 6.07) is 11.2. The predicted molar refractivity (Wildman–Crippen MR) is 90.1 cm³/mol. The highest BCUT2D eigenvalue weighted by molar-refractivity contribution is 9.10. The molecule has 0 bridgehead atoms. The summed E-state index contributed by atoms with van der Waals surface area (Å²) in [5.74, 6) is -0.989. The minimum Gasteiger partial charge on any atom is -0.322 e. The fourth-order valence-electron chi connectivity index (χ4n) is 2.52. The first kappa shape index (κ1) is 15.7. The van der Waals surface area contributed by atoms with Crippen molar-refractivity contribution in [3.05, 3.63) is 58.3 Å². The number of rotatable bonds is 3. The Morgan fingerprint density at radius 3 is 2.57 bits per heavy atom. The van der Waals surface area contributed by atoms with Crippen molar-refractivity contribution < 1.29 is 14.0 Å². The third-order valence-corrected chi connectivity index (χ3v) is 4.18. The van der Waals surface area contributed by atoms with Crippen molar-refractivity contribution in [3.8, 4) is 0 Å². The average Bonchev–Trinajstić information content (AvgIpc) is 2.96. The molecular formula is C17H14BrFN2O2. The molecule has 4 nitrogen and oxygen atoms in total. The Morgan fingerprint density at radius 2 is 1.91 bits per heavy atom. The molecule has 1 fully saturated rings. The van der Waals surface area contributed by atoms with Gasteiger partial charge in [0.1, 0.15) is 5.82 Å². The summed E-state index contributed by atoms with van der Waals surface area (Å²) < 4.78 is 14.3. The number of carbonyl (C=O) groups is 2. The van der Waals surface area contributed by atoms with Crippen LogP contribution in [0.3, 0.4) is 0 Å². The Kier molecular flexibility index (Phi) is 4.43. The smallest absolute Gasteiger partial charge is 0.258 e. The van der Waals surface area contributed by atoms with Gasteiger partial charge in [0.2, 0.25) is 5.91 Å². The Bertz CT molecular complexity index is 762. The van der Waals surface area contributed by atoms with Gasteiger partial charge in [-0.15, -0.1) is 0 Å². The molecule has 0 atom stereocenters. The zero-order valence-electron chi connectivity index (χ0n) is 12.2. The SMILES string of the molecule is O=C(Nc1ccc(N2CCCC2=O)cc1)c1cc(Br)ccc1F. The van der Waals surface area contributed by atoms with Gasteiger partial charge in [-0.05, 0) is 48.9 Å². The van der Waals surface area contributed by atoms with Gasteiger partial charge in [0, 0.05) is 28.8 Å². The molecule has 0 unspecified atom stereocenters. The van der Waals surface area contributed by atoms with Crippen LogP contribution in [0, 0.1) is 5.82 Å². The van der Waals surface area contributed by atoms with E-state index in [1.54, 1.807) is 29.2 Å². The summed E-state index contributed by atoms with van der Waals surface area (Å²) in [5.41, 5.74) is 1.32. The van der Waals surface area contributed by atoms with Gasteiger partial charge in [0.15, 0.2) is 0 Å². The highest BCUT2D eigenvalue weighted by Gasteiger charge is 2.21. The van der Waals surface area contributed by atoms with E-state index in [9.17, 15) is 14.0 Å². The zero-order valence-corrected chi connectivity index (χ0v) is 13.8. The molecule has 2 aromatic rings. The van der Waals surface area contributed by atoms with Crippen molar-refractivity contribution in [1.82, 2.24) is 0 Å². The summed E-state index contributed by atoms with van der Waals surface area (Å²) in [6.07, 6.45) is 1.43. The van der Waals surface area contributed by atoms with E-state index < -0.39 is 11.7 Å². The molecule has 0 spiro atoms. The van der Waals surface area contributed by atoms with Crippen LogP contribution in [0.1, 0.15) is 23.2 Å². The van der Waals surface area contributed by atoms with E-state index in [0.29, 0.717) is 23.1 Å². The highest BCUT2D eigenvalue weighted by atomic mass is 79.9. The second kappa shape index (κ2) is 6.50. The maximum Gasteiger partial charge on any atom is 0.258 e. The molecule has 2 amide bonds. The standard InChI is InChI=1S/C17H14BrFN2O2/c18-11-3-8-15(19)14(10-11)17(23)20-12-4-6-13(7-5-12)21-9-1-2-16(21)22/h3-8,10H,1-2,9H2,(H,20,23). The molecule has 1 aliphatic rings. The summed E-state index contributed by atoms with van der Waals surface area (Å²) in [6.45, 7) is 0.716. The Balaban J connectivity index is 1.74. The van der Waals surface area contributed by atoms with Crippen molar-refractivity contribution in [3.63, 3.8) is 0 Å². The van der Waals surface area contributed by atoms with E-state index in [1.165, 1.54) is 18.2 Å². The molecule has 23 heavy (non-hydrogen) atoms. The van der Waals surface area contributed by atoms with Crippen molar-refractivity contribution >= 4 is 39.1 Å². The van der Waals surface area contributed by atoms with Crippen LogP contribution in [0.5, 0.6) is 0 Å². The normalized spacial score (nSPS) is 14.2. The van der Waals surface area contributed by atoms with Crippen molar-refractivity contribution in [2.45, 2.75) is 12.8 Å². The van der Waals surface area contributed by atoms with Gasteiger partial charge in [0.25, 0.3) is 5.91 Å². The molecule has 118 valence electrons. The van der Waals surface area contributed by atoms with E-state index in [4.69, 9.17) is 0 Å².